The molecule has 3 nitrogen and oxygen atoms in total. The molecule has 2 aromatic rings. The summed E-state index contributed by atoms with van der Waals surface area (Å²) in [5, 5.41) is 9.68. The third-order valence-electron chi connectivity index (χ3n) is 3.55. The van der Waals surface area contributed by atoms with E-state index in [4.69, 9.17) is 4.74 Å². The molecule has 0 saturated carbocycles. The molecule has 0 bridgehead atoms. The van der Waals surface area contributed by atoms with E-state index in [0.717, 1.165) is 12.3 Å². The Bertz CT molecular complexity index is 752. The summed E-state index contributed by atoms with van der Waals surface area (Å²) in [5.41, 5.74) is -2.43. The number of nitrogens with zero attached hydrogens (tertiary/aromatic N) is 1. The largest absolute Gasteiger partial charge is 0.437 e. The molecule has 0 spiro atoms. The van der Waals surface area contributed by atoms with E-state index in [1.807, 2.05) is 0 Å². The van der Waals surface area contributed by atoms with Crippen molar-refractivity contribution < 1.29 is 27.4 Å². The average molecular weight is 408 g/mol. The van der Waals surface area contributed by atoms with Gasteiger partial charge in [0.15, 0.2) is 5.60 Å². The van der Waals surface area contributed by atoms with Gasteiger partial charge in [0.1, 0.15) is 11.6 Å². The molecule has 8 heteroatoms. The van der Waals surface area contributed by atoms with Crippen molar-refractivity contribution in [3.63, 3.8) is 0 Å². The Balaban J connectivity index is 2.39. The van der Waals surface area contributed by atoms with Crippen LogP contribution in [0.4, 0.5) is 17.6 Å². The third kappa shape index (κ3) is 3.54. The van der Waals surface area contributed by atoms with Gasteiger partial charge in [0.25, 0.3) is 0 Å². The zero-order chi connectivity index (χ0) is 18.3. The molecule has 0 amide bonds. The van der Waals surface area contributed by atoms with Gasteiger partial charge in [-0.25, -0.2) is 9.37 Å². The second-order valence-electron chi connectivity index (χ2n) is 5.55. The smallest absolute Gasteiger partial charge is 0.421 e. The second-order valence-corrected chi connectivity index (χ2v) is 6.41. The maximum absolute atomic E-state index is 13.3. The van der Waals surface area contributed by atoms with Crippen LogP contribution in [0, 0.1) is 19.7 Å². The summed E-state index contributed by atoms with van der Waals surface area (Å²) in [7, 11) is 0. The van der Waals surface area contributed by atoms with Crippen molar-refractivity contribution in [3.8, 4) is 11.6 Å². The summed E-state index contributed by atoms with van der Waals surface area (Å²) >= 11 is 3.09. The predicted molar refractivity (Wildman–Crippen MR) is 83.5 cm³/mol. The monoisotopic (exact) mass is 407 g/mol. The molecule has 1 heterocycles. The SMILES string of the molecule is Cc1cc(F)cc(C)c1Oc1ncc(C(C)(O)C(F)(F)F)cc1Br. The first-order chi connectivity index (χ1) is 10.9. The zero-order valence-corrected chi connectivity index (χ0v) is 14.6. The molecule has 1 N–H and O–H groups in total. The number of ether oxygens (including phenoxy) is 1. The lowest BCUT2D eigenvalue weighted by Crippen LogP contribution is -2.39. The summed E-state index contributed by atoms with van der Waals surface area (Å²) in [6, 6.07) is 3.64. The van der Waals surface area contributed by atoms with E-state index in [2.05, 4.69) is 20.9 Å². The minimum atomic E-state index is -4.85. The van der Waals surface area contributed by atoms with Crippen LogP contribution in [0.25, 0.3) is 0 Å². The van der Waals surface area contributed by atoms with Gasteiger partial charge in [-0.15, -0.1) is 0 Å². The first kappa shape index (κ1) is 18.7. The normalized spacial score (nSPS) is 14.4. The number of hydrogen-bond donors (Lipinski definition) is 1. The molecule has 0 radical (unpaired) electrons. The summed E-state index contributed by atoms with van der Waals surface area (Å²) < 4.78 is 57.7. The standard InChI is InChI=1S/C16H14BrF4NO2/c1-8-4-11(18)5-9(2)13(8)24-14-12(17)6-10(7-22-14)15(3,23)16(19,20)21/h4-7,23H,1-3H3. The highest BCUT2D eigenvalue weighted by Gasteiger charge is 2.51. The van der Waals surface area contributed by atoms with Crippen LogP contribution in [-0.4, -0.2) is 16.3 Å². The molecule has 1 aromatic heterocycles. The quantitative estimate of drug-likeness (QED) is 0.714. The van der Waals surface area contributed by atoms with Gasteiger partial charge in [0.05, 0.1) is 4.47 Å². The van der Waals surface area contributed by atoms with Gasteiger partial charge in [0, 0.05) is 11.8 Å². The average Bonchev–Trinajstić information content (AvgIpc) is 2.42. The Hall–Kier alpha value is -1.67. The Morgan fingerprint density at radius 3 is 2.12 bits per heavy atom. The molecule has 2 rings (SSSR count). The molecule has 1 atom stereocenters. The molecule has 1 unspecified atom stereocenters. The Morgan fingerprint density at radius 1 is 1.12 bits per heavy atom. The highest BCUT2D eigenvalue weighted by Crippen LogP contribution is 2.41. The van der Waals surface area contributed by atoms with E-state index in [-0.39, 0.29) is 10.4 Å². The van der Waals surface area contributed by atoms with Crippen LogP contribution in [0.15, 0.2) is 28.9 Å². The van der Waals surface area contributed by atoms with Crippen LogP contribution >= 0.6 is 15.9 Å². The maximum Gasteiger partial charge on any atom is 0.421 e. The fraction of sp³-hybridized carbons (Fsp3) is 0.312. The first-order valence-electron chi connectivity index (χ1n) is 6.83. The van der Waals surface area contributed by atoms with Crippen molar-refractivity contribution in [2.75, 3.05) is 0 Å². The van der Waals surface area contributed by atoms with E-state index in [1.165, 1.54) is 12.1 Å². The van der Waals surface area contributed by atoms with E-state index < -0.39 is 23.2 Å². The van der Waals surface area contributed by atoms with E-state index in [0.29, 0.717) is 23.8 Å². The minimum Gasteiger partial charge on any atom is -0.437 e. The molecular weight excluding hydrogens is 394 g/mol. The maximum atomic E-state index is 13.3. The van der Waals surface area contributed by atoms with E-state index in [1.54, 1.807) is 13.8 Å². The molecule has 24 heavy (non-hydrogen) atoms. The number of aliphatic hydroxyl groups is 1. The van der Waals surface area contributed by atoms with Crippen molar-refractivity contribution in [1.29, 1.82) is 0 Å². The van der Waals surface area contributed by atoms with Gasteiger partial charge in [-0.05, 0) is 66.0 Å². The van der Waals surface area contributed by atoms with E-state index >= 15 is 0 Å². The number of pyridine rings is 1. The van der Waals surface area contributed by atoms with Crippen LogP contribution < -0.4 is 4.74 Å². The van der Waals surface area contributed by atoms with Gasteiger partial charge < -0.3 is 9.84 Å². The lowest BCUT2D eigenvalue weighted by atomic mass is 9.97. The lowest BCUT2D eigenvalue weighted by Gasteiger charge is -2.26. The van der Waals surface area contributed by atoms with Crippen LogP contribution in [-0.2, 0) is 5.60 Å². The fourth-order valence-electron chi connectivity index (χ4n) is 2.09. The molecule has 0 aliphatic rings. The summed E-state index contributed by atoms with van der Waals surface area (Å²) in [6.45, 7) is 3.93. The zero-order valence-electron chi connectivity index (χ0n) is 13.0. The summed E-state index contributed by atoms with van der Waals surface area (Å²) in [5.74, 6) is -0.0459. The lowest BCUT2D eigenvalue weighted by molar-refractivity contribution is -0.259. The number of benzene rings is 1. The molecule has 1 aromatic carbocycles. The van der Waals surface area contributed by atoms with Gasteiger partial charge in [-0.3, -0.25) is 0 Å². The molecule has 0 aliphatic heterocycles. The van der Waals surface area contributed by atoms with Crippen LogP contribution in [0.3, 0.4) is 0 Å². The Kier molecular flexibility index (Phi) is 4.92. The number of rotatable bonds is 3. The van der Waals surface area contributed by atoms with Crippen molar-refractivity contribution >= 4 is 15.9 Å². The van der Waals surface area contributed by atoms with Crippen molar-refractivity contribution in [3.05, 3.63) is 51.4 Å². The molecule has 0 aliphatic carbocycles. The van der Waals surface area contributed by atoms with Crippen LogP contribution in [0.2, 0.25) is 0 Å². The number of halogens is 5. The fourth-order valence-corrected chi connectivity index (χ4v) is 2.52. The van der Waals surface area contributed by atoms with E-state index in [9.17, 15) is 22.7 Å². The molecule has 0 saturated heterocycles. The highest BCUT2D eigenvalue weighted by atomic mass is 79.9. The van der Waals surface area contributed by atoms with Gasteiger partial charge in [0.2, 0.25) is 5.88 Å². The number of aryl methyl sites for hydroxylation is 2. The molecule has 130 valence electrons. The van der Waals surface area contributed by atoms with Crippen LogP contribution in [0.5, 0.6) is 11.6 Å². The number of aromatic nitrogens is 1. The van der Waals surface area contributed by atoms with Gasteiger partial charge in [-0.1, -0.05) is 0 Å². The Labute approximate surface area is 144 Å². The first-order valence-corrected chi connectivity index (χ1v) is 7.62. The minimum absolute atomic E-state index is 0.00883. The highest BCUT2D eigenvalue weighted by molar-refractivity contribution is 9.10. The molecular formula is C16H14BrF4NO2. The van der Waals surface area contributed by atoms with Gasteiger partial charge >= 0.3 is 6.18 Å². The van der Waals surface area contributed by atoms with Crippen molar-refractivity contribution in [2.24, 2.45) is 0 Å². The number of alkyl halides is 3. The van der Waals surface area contributed by atoms with Crippen molar-refractivity contribution in [1.82, 2.24) is 4.98 Å². The Morgan fingerprint density at radius 2 is 1.67 bits per heavy atom. The summed E-state index contributed by atoms with van der Waals surface area (Å²) in [4.78, 5) is 3.84. The topological polar surface area (TPSA) is 42.4 Å². The number of hydrogen-bond acceptors (Lipinski definition) is 3. The second kappa shape index (κ2) is 6.33. The summed E-state index contributed by atoms with van der Waals surface area (Å²) in [6.07, 6.45) is -3.96. The van der Waals surface area contributed by atoms with Crippen molar-refractivity contribution in [2.45, 2.75) is 32.5 Å². The third-order valence-corrected chi connectivity index (χ3v) is 4.11. The van der Waals surface area contributed by atoms with Crippen LogP contribution in [0.1, 0.15) is 23.6 Å². The molecule has 0 fully saturated rings. The van der Waals surface area contributed by atoms with Gasteiger partial charge in [-0.2, -0.15) is 13.2 Å². The predicted octanol–water partition coefficient (Wildman–Crippen LogP) is 5.16.